The molecule has 0 aliphatic heterocycles. The zero-order valence-electron chi connectivity index (χ0n) is 12.5. The van der Waals surface area contributed by atoms with Gasteiger partial charge in [-0.25, -0.2) is 0 Å². The van der Waals surface area contributed by atoms with E-state index in [2.05, 4.69) is 5.32 Å². The van der Waals surface area contributed by atoms with Crippen LogP contribution in [0.5, 0.6) is 5.75 Å². The van der Waals surface area contributed by atoms with Crippen LogP contribution in [0.2, 0.25) is 0 Å². The fraction of sp³-hybridized carbons (Fsp3) is 0.167. The van der Waals surface area contributed by atoms with E-state index in [4.69, 9.17) is 9.15 Å². The highest BCUT2D eigenvalue weighted by molar-refractivity contribution is 5.94. The summed E-state index contributed by atoms with van der Waals surface area (Å²) in [5, 5.41) is 3.96. The van der Waals surface area contributed by atoms with Gasteiger partial charge in [0.1, 0.15) is 17.1 Å². The highest BCUT2D eigenvalue weighted by Crippen LogP contribution is 2.24. The van der Waals surface area contributed by atoms with Crippen molar-refractivity contribution in [2.24, 2.45) is 0 Å². The number of carbonyl (C=O) groups excluding carboxylic acids is 1. The molecule has 2 aromatic carbocycles. The summed E-state index contributed by atoms with van der Waals surface area (Å²) in [7, 11) is 1.58. The van der Waals surface area contributed by atoms with Crippen LogP contribution in [0.3, 0.4) is 0 Å². The summed E-state index contributed by atoms with van der Waals surface area (Å²) in [4.78, 5) is 12.3. The maximum Gasteiger partial charge on any atom is 0.251 e. The number of carbonyl (C=O) groups is 1. The lowest BCUT2D eigenvalue weighted by Crippen LogP contribution is -2.26. The molecule has 0 spiro atoms. The first-order valence-electron chi connectivity index (χ1n) is 7.11. The molecule has 22 heavy (non-hydrogen) atoms. The van der Waals surface area contributed by atoms with E-state index < -0.39 is 0 Å². The van der Waals surface area contributed by atoms with Gasteiger partial charge in [0.15, 0.2) is 0 Å². The molecule has 0 unspecified atom stereocenters. The molecule has 0 fully saturated rings. The average molecular weight is 295 g/mol. The normalized spacial score (nSPS) is 12.1. The van der Waals surface area contributed by atoms with Crippen LogP contribution in [0, 0.1) is 0 Å². The Balaban J connectivity index is 1.77. The monoisotopic (exact) mass is 295 g/mol. The highest BCUT2D eigenvalue weighted by atomic mass is 16.5. The maximum atomic E-state index is 12.3. The topological polar surface area (TPSA) is 51.5 Å². The SMILES string of the molecule is COc1cccc(C(=O)N[C@@H](C)c2cc3ccccc3o2)c1. The first kappa shape index (κ1) is 14.2. The van der Waals surface area contributed by atoms with Crippen LogP contribution in [0.25, 0.3) is 11.0 Å². The van der Waals surface area contributed by atoms with E-state index in [1.165, 1.54) is 0 Å². The third-order valence-corrected chi connectivity index (χ3v) is 3.55. The molecule has 4 nitrogen and oxygen atoms in total. The first-order valence-corrected chi connectivity index (χ1v) is 7.11. The summed E-state index contributed by atoms with van der Waals surface area (Å²) >= 11 is 0. The number of rotatable bonds is 4. The third-order valence-electron chi connectivity index (χ3n) is 3.55. The van der Waals surface area contributed by atoms with Crippen molar-refractivity contribution in [3.63, 3.8) is 0 Å². The molecule has 0 saturated heterocycles. The van der Waals surface area contributed by atoms with Gasteiger partial charge in [0, 0.05) is 10.9 Å². The van der Waals surface area contributed by atoms with Crippen molar-refractivity contribution >= 4 is 16.9 Å². The van der Waals surface area contributed by atoms with E-state index in [0.717, 1.165) is 16.7 Å². The molecule has 3 rings (SSSR count). The minimum atomic E-state index is -0.217. The van der Waals surface area contributed by atoms with Crippen molar-refractivity contribution in [3.8, 4) is 5.75 Å². The zero-order valence-corrected chi connectivity index (χ0v) is 12.5. The Morgan fingerprint density at radius 2 is 1.95 bits per heavy atom. The molecular formula is C18H17NO3. The molecular weight excluding hydrogens is 278 g/mol. The van der Waals surface area contributed by atoms with Crippen LogP contribution in [0.4, 0.5) is 0 Å². The lowest BCUT2D eigenvalue weighted by molar-refractivity contribution is 0.0935. The summed E-state index contributed by atoms with van der Waals surface area (Å²) in [5.74, 6) is 1.23. The number of hydrogen-bond acceptors (Lipinski definition) is 3. The molecule has 1 heterocycles. The number of hydrogen-bond donors (Lipinski definition) is 1. The lowest BCUT2D eigenvalue weighted by Gasteiger charge is -2.11. The van der Waals surface area contributed by atoms with Gasteiger partial charge in [-0.05, 0) is 37.3 Å². The number of furan rings is 1. The van der Waals surface area contributed by atoms with Crippen molar-refractivity contribution in [1.29, 1.82) is 0 Å². The largest absolute Gasteiger partial charge is 0.497 e. The van der Waals surface area contributed by atoms with Crippen LogP contribution < -0.4 is 10.1 Å². The van der Waals surface area contributed by atoms with E-state index in [-0.39, 0.29) is 11.9 Å². The molecule has 0 saturated carbocycles. The fourth-order valence-corrected chi connectivity index (χ4v) is 2.33. The van der Waals surface area contributed by atoms with E-state index in [1.54, 1.807) is 31.4 Å². The summed E-state index contributed by atoms with van der Waals surface area (Å²) in [6, 6.07) is 16.6. The summed E-state index contributed by atoms with van der Waals surface area (Å²) in [5.41, 5.74) is 1.38. The molecule has 0 aliphatic rings. The van der Waals surface area contributed by atoms with E-state index >= 15 is 0 Å². The Kier molecular flexibility index (Phi) is 3.83. The molecule has 1 aromatic heterocycles. The van der Waals surface area contributed by atoms with Crippen molar-refractivity contribution in [2.45, 2.75) is 13.0 Å². The van der Waals surface area contributed by atoms with Crippen LogP contribution in [0.1, 0.15) is 29.1 Å². The van der Waals surface area contributed by atoms with Crippen molar-refractivity contribution in [3.05, 3.63) is 65.9 Å². The first-order chi connectivity index (χ1) is 10.7. The van der Waals surface area contributed by atoms with Crippen molar-refractivity contribution in [1.82, 2.24) is 5.32 Å². The fourth-order valence-electron chi connectivity index (χ4n) is 2.33. The van der Waals surface area contributed by atoms with Crippen LogP contribution >= 0.6 is 0 Å². The van der Waals surface area contributed by atoms with Gasteiger partial charge in [0.05, 0.1) is 13.2 Å². The van der Waals surface area contributed by atoms with Crippen LogP contribution in [-0.2, 0) is 0 Å². The molecule has 0 bridgehead atoms. The van der Waals surface area contributed by atoms with Crippen molar-refractivity contribution < 1.29 is 13.9 Å². The van der Waals surface area contributed by atoms with Gasteiger partial charge in [0.25, 0.3) is 5.91 Å². The van der Waals surface area contributed by atoms with Gasteiger partial charge in [0.2, 0.25) is 0 Å². The number of methoxy groups -OCH3 is 1. The number of nitrogens with one attached hydrogen (secondary N) is 1. The smallest absolute Gasteiger partial charge is 0.251 e. The average Bonchev–Trinajstić information content (AvgIpc) is 2.99. The van der Waals surface area contributed by atoms with Crippen molar-refractivity contribution in [2.75, 3.05) is 7.11 Å². The Morgan fingerprint density at radius 3 is 2.73 bits per heavy atom. The Labute approximate surface area is 128 Å². The number of benzene rings is 2. The molecule has 0 aliphatic carbocycles. The maximum absolute atomic E-state index is 12.3. The quantitative estimate of drug-likeness (QED) is 0.793. The summed E-state index contributed by atoms with van der Waals surface area (Å²) in [6.07, 6.45) is 0. The van der Waals surface area contributed by atoms with Gasteiger partial charge in [-0.15, -0.1) is 0 Å². The Bertz CT molecular complexity index is 774. The second-order valence-corrected chi connectivity index (χ2v) is 5.11. The predicted molar refractivity (Wildman–Crippen MR) is 85.1 cm³/mol. The van der Waals surface area contributed by atoms with Gasteiger partial charge < -0.3 is 14.5 Å². The highest BCUT2D eigenvalue weighted by Gasteiger charge is 2.15. The molecule has 112 valence electrons. The van der Waals surface area contributed by atoms with Gasteiger partial charge in [-0.3, -0.25) is 4.79 Å². The minimum Gasteiger partial charge on any atom is -0.497 e. The molecule has 1 amide bonds. The number of fused-ring (bicyclic) bond motifs is 1. The van der Waals surface area contributed by atoms with Gasteiger partial charge in [-0.1, -0.05) is 24.3 Å². The number of ether oxygens (including phenoxy) is 1. The van der Waals surface area contributed by atoms with E-state index in [0.29, 0.717) is 11.3 Å². The second-order valence-electron chi connectivity index (χ2n) is 5.11. The van der Waals surface area contributed by atoms with Crippen LogP contribution in [-0.4, -0.2) is 13.0 Å². The molecule has 1 atom stereocenters. The number of para-hydroxylation sites is 1. The third kappa shape index (κ3) is 2.81. The summed E-state index contributed by atoms with van der Waals surface area (Å²) in [6.45, 7) is 1.90. The second kappa shape index (κ2) is 5.93. The van der Waals surface area contributed by atoms with Crippen LogP contribution in [0.15, 0.2) is 59.0 Å². The molecule has 4 heteroatoms. The predicted octanol–water partition coefficient (Wildman–Crippen LogP) is 3.93. The minimum absolute atomic E-state index is 0.160. The Hall–Kier alpha value is -2.75. The molecule has 0 radical (unpaired) electrons. The lowest BCUT2D eigenvalue weighted by atomic mass is 10.1. The summed E-state index contributed by atoms with van der Waals surface area (Å²) < 4.78 is 10.9. The molecule has 1 N–H and O–H groups in total. The number of amides is 1. The van der Waals surface area contributed by atoms with Gasteiger partial charge >= 0.3 is 0 Å². The zero-order chi connectivity index (χ0) is 15.5. The van der Waals surface area contributed by atoms with E-state index in [9.17, 15) is 4.79 Å². The molecule has 3 aromatic rings. The Morgan fingerprint density at radius 1 is 1.14 bits per heavy atom. The van der Waals surface area contributed by atoms with Gasteiger partial charge in [-0.2, -0.15) is 0 Å². The standard InChI is InChI=1S/C18H17NO3/c1-12(17-11-13-6-3-4-9-16(13)22-17)19-18(20)14-7-5-8-15(10-14)21-2/h3-12H,1-2H3,(H,19,20)/t12-/m0/s1. The van der Waals surface area contributed by atoms with E-state index in [1.807, 2.05) is 37.3 Å².